The third kappa shape index (κ3) is 5.57. The van der Waals surface area contributed by atoms with Gasteiger partial charge in [-0.1, -0.05) is 35.9 Å². The first-order valence-electron chi connectivity index (χ1n) is 7.90. The van der Waals surface area contributed by atoms with Crippen molar-refractivity contribution in [3.63, 3.8) is 0 Å². The number of carbonyl (C=O) groups excluding carboxylic acids is 2. The second kappa shape index (κ2) is 8.62. The van der Waals surface area contributed by atoms with Gasteiger partial charge in [0.25, 0.3) is 0 Å². The quantitative estimate of drug-likeness (QED) is 0.854. The first-order valence-corrected chi connectivity index (χ1v) is 8.28. The first kappa shape index (κ1) is 18.9. The molecule has 0 aliphatic rings. The summed E-state index contributed by atoms with van der Waals surface area (Å²) in [7, 11) is 0. The molecule has 0 bridgehead atoms. The van der Waals surface area contributed by atoms with Gasteiger partial charge in [-0.3, -0.25) is 9.59 Å². The van der Waals surface area contributed by atoms with Gasteiger partial charge >= 0.3 is 0 Å². The van der Waals surface area contributed by atoms with E-state index >= 15 is 0 Å². The van der Waals surface area contributed by atoms with Crippen molar-refractivity contribution in [1.82, 2.24) is 10.2 Å². The predicted molar refractivity (Wildman–Crippen MR) is 95.4 cm³/mol. The average Bonchev–Trinajstić information content (AvgIpc) is 2.59. The van der Waals surface area contributed by atoms with Gasteiger partial charge in [-0.25, -0.2) is 4.39 Å². The maximum atomic E-state index is 13.0. The fourth-order valence-electron chi connectivity index (χ4n) is 2.39. The summed E-state index contributed by atoms with van der Waals surface area (Å²) in [5, 5.41) is 3.44. The molecule has 0 saturated heterocycles. The van der Waals surface area contributed by atoms with Gasteiger partial charge in [0.05, 0.1) is 0 Å². The molecule has 0 spiro atoms. The van der Waals surface area contributed by atoms with Gasteiger partial charge in [-0.05, 0) is 42.3 Å². The molecule has 0 aromatic heterocycles. The van der Waals surface area contributed by atoms with Crippen LogP contribution in [0.1, 0.15) is 25.0 Å². The minimum absolute atomic E-state index is 0.224. The van der Waals surface area contributed by atoms with Crippen molar-refractivity contribution in [2.24, 2.45) is 0 Å². The van der Waals surface area contributed by atoms with Gasteiger partial charge < -0.3 is 10.2 Å². The molecule has 2 rings (SSSR count). The van der Waals surface area contributed by atoms with E-state index in [4.69, 9.17) is 11.6 Å². The second-order valence-electron chi connectivity index (χ2n) is 5.79. The van der Waals surface area contributed by atoms with E-state index in [1.165, 1.54) is 24.0 Å². The van der Waals surface area contributed by atoms with Crippen molar-refractivity contribution in [3.05, 3.63) is 70.5 Å². The van der Waals surface area contributed by atoms with Crippen molar-refractivity contribution >= 4 is 23.4 Å². The molecule has 0 fully saturated rings. The lowest BCUT2D eigenvalue weighted by atomic mass is 10.1. The zero-order valence-electron chi connectivity index (χ0n) is 14.1. The molecule has 0 aliphatic heterocycles. The van der Waals surface area contributed by atoms with E-state index in [-0.39, 0.29) is 24.2 Å². The molecule has 0 aliphatic carbocycles. The van der Waals surface area contributed by atoms with E-state index in [1.54, 1.807) is 31.2 Å². The molecule has 4 nitrogen and oxygen atoms in total. The Morgan fingerprint density at radius 2 is 1.64 bits per heavy atom. The molecule has 1 unspecified atom stereocenters. The highest BCUT2D eigenvalue weighted by Gasteiger charge is 2.23. The maximum absolute atomic E-state index is 13.0. The number of halogens is 2. The third-order valence-electron chi connectivity index (χ3n) is 3.90. The van der Waals surface area contributed by atoms with Crippen molar-refractivity contribution in [1.29, 1.82) is 0 Å². The molecule has 2 aromatic rings. The zero-order chi connectivity index (χ0) is 18.4. The minimum atomic E-state index is -0.644. The van der Waals surface area contributed by atoms with Crippen molar-refractivity contribution in [2.75, 3.05) is 0 Å². The lowest BCUT2D eigenvalue weighted by molar-refractivity contribution is -0.139. The Bertz CT molecular complexity index is 732. The van der Waals surface area contributed by atoms with Crippen molar-refractivity contribution in [3.8, 4) is 0 Å². The SMILES string of the molecule is CC(=O)N(Cc1ccc(F)cc1)C(C)C(=O)NCc1ccc(Cl)cc1. The number of rotatable bonds is 6. The summed E-state index contributed by atoms with van der Waals surface area (Å²) in [6.07, 6.45) is 0. The first-order chi connectivity index (χ1) is 11.9. The fourth-order valence-corrected chi connectivity index (χ4v) is 2.51. The number of benzene rings is 2. The van der Waals surface area contributed by atoms with E-state index in [0.717, 1.165) is 11.1 Å². The fraction of sp³-hybridized carbons (Fsp3) is 0.263. The van der Waals surface area contributed by atoms with Crippen LogP contribution in [0.3, 0.4) is 0 Å². The van der Waals surface area contributed by atoms with E-state index < -0.39 is 6.04 Å². The minimum Gasteiger partial charge on any atom is -0.350 e. The molecule has 1 atom stereocenters. The normalized spacial score (nSPS) is 11.7. The topological polar surface area (TPSA) is 49.4 Å². The number of nitrogens with zero attached hydrogens (tertiary/aromatic N) is 1. The Labute approximate surface area is 151 Å². The molecule has 2 aromatic carbocycles. The molecule has 25 heavy (non-hydrogen) atoms. The predicted octanol–water partition coefficient (Wildman–Crippen LogP) is 3.53. The molecular weight excluding hydrogens is 343 g/mol. The van der Waals surface area contributed by atoms with Gasteiger partial charge in [0, 0.05) is 25.0 Å². The van der Waals surface area contributed by atoms with E-state index in [2.05, 4.69) is 5.32 Å². The van der Waals surface area contributed by atoms with Gasteiger partial charge in [-0.15, -0.1) is 0 Å². The molecule has 2 amide bonds. The summed E-state index contributed by atoms with van der Waals surface area (Å²) in [5.41, 5.74) is 1.67. The van der Waals surface area contributed by atoms with Gasteiger partial charge in [0.2, 0.25) is 11.8 Å². The zero-order valence-corrected chi connectivity index (χ0v) is 14.9. The Balaban J connectivity index is 1.99. The van der Waals surface area contributed by atoms with Crippen LogP contribution >= 0.6 is 11.6 Å². The van der Waals surface area contributed by atoms with Crippen LogP contribution < -0.4 is 5.32 Å². The third-order valence-corrected chi connectivity index (χ3v) is 4.15. The van der Waals surface area contributed by atoms with Crippen LogP contribution in [0.15, 0.2) is 48.5 Å². The van der Waals surface area contributed by atoms with Gasteiger partial charge in [0.1, 0.15) is 11.9 Å². The summed E-state index contributed by atoms with van der Waals surface area (Å²) >= 11 is 5.83. The summed E-state index contributed by atoms with van der Waals surface area (Å²) in [6, 6.07) is 12.4. The van der Waals surface area contributed by atoms with Gasteiger partial charge in [0.15, 0.2) is 0 Å². The summed E-state index contributed by atoms with van der Waals surface area (Å²) in [5.74, 6) is -0.822. The van der Waals surface area contributed by atoms with E-state index in [9.17, 15) is 14.0 Å². The standard InChI is InChI=1S/C19H20ClFN2O2/c1-13(19(25)22-11-15-3-7-17(20)8-4-15)23(14(2)24)12-16-5-9-18(21)10-6-16/h3-10,13H,11-12H2,1-2H3,(H,22,25). The lowest BCUT2D eigenvalue weighted by Gasteiger charge is -2.27. The number of amides is 2. The van der Waals surface area contributed by atoms with Crippen LogP contribution in [0, 0.1) is 5.82 Å². The number of carbonyl (C=O) groups is 2. The van der Waals surface area contributed by atoms with Crippen LogP contribution in [-0.2, 0) is 22.7 Å². The maximum Gasteiger partial charge on any atom is 0.242 e. The highest BCUT2D eigenvalue weighted by Crippen LogP contribution is 2.12. The molecule has 0 heterocycles. The second-order valence-corrected chi connectivity index (χ2v) is 6.23. The molecule has 0 saturated carbocycles. The molecule has 0 radical (unpaired) electrons. The number of hydrogen-bond acceptors (Lipinski definition) is 2. The lowest BCUT2D eigenvalue weighted by Crippen LogP contribution is -2.46. The smallest absolute Gasteiger partial charge is 0.242 e. The van der Waals surface area contributed by atoms with Crippen LogP contribution in [0.25, 0.3) is 0 Å². The van der Waals surface area contributed by atoms with Crippen molar-refractivity contribution in [2.45, 2.75) is 33.0 Å². The van der Waals surface area contributed by atoms with E-state index in [0.29, 0.717) is 11.6 Å². The number of hydrogen-bond donors (Lipinski definition) is 1. The van der Waals surface area contributed by atoms with Crippen molar-refractivity contribution < 1.29 is 14.0 Å². The summed E-state index contributed by atoms with van der Waals surface area (Å²) < 4.78 is 13.0. The highest BCUT2D eigenvalue weighted by atomic mass is 35.5. The van der Waals surface area contributed by atoms with Crippen LogP contribution in [0.2, 0.25) is 5.02 Å². The average molecular weight is 363 g/mol. The van der Waals surface area contributed by atoms with Crippen LogP contribution in [-0.4, -0.2) is 22.8 Å². The van der Waals surface area contributed by atoms with Gasteiger partial charge in [-0.2, -0.15) is 0 Å². The molecule has 132 valence electrons. The molecule has 6 heteroatoms. The van der Waals surface area contributed by atoms with Crippen LogP contribution in [0.5, 0.6) is 0 Å². The monoisotopic (exact) mass is 362 g/mol. The molecular formula is C19H20ClFN2O2. The van der Waals surface area contributed by atoms with E-state index in [1.807, 2.05) is 12.1 Å². The Hall–Kier alpha value is -2.40. The Kier molecular flexibility index (Phi) is 6.53. The number of nitrogens with one attached hydrogen (secondary N) is 1. The summed E-state index contributed by atoms with van der Waals surface area (Å²) in [4.78, 5) is 25.8. The Morgan fingerprint density at radius 1 is 1.08 bits per heavy atom. The molecule has 1 N–H and O–H groups in total. The highest BCUT2D eigenvalue weighted by molar-refractivity contribution is 6.30. The van der Waals surface area contributed by atoms with Crippen LogP contribution in [0.4, 0.5) is 4.39 Å². The Morgan fingerprint density at radius 3 is 2.20 bits per heavy atom. The largest absolute Gasteiger partial charge is 0.350 e. The summed E-state index contributed by atoms with van der Waals surface area (Å²) in [6.45, 7) is 3.67.